The summed E-state index contributed by atoms with van der Waals surface area (Å²) in [6.45, 7) is 5.69. The summed E-state index contributed by atoms with van der Waals surface area (Å²) in [7, 11) is 0. The normalized spacial score (nSPS) is 41.1. The summed E-state index contributed by atoms with van der Waals surface area (Å²) in [6, 6.07) is -0.632. The third-order valence-corrected chi connectivity index (χ3v) is 3.66. The van der Waals surface area contributed by atoms with E-state index in [2.05, 4.69) is 0 Å². The molecule has 5 N–H and O–H groups in total. The van der Waals surface area contributed by atoms with E-state index in [1.54, 1.807) is 0 Å². The monoisotopic (exact) mass is 233 g/mol. The summed E-state index contributed by atoms with van der Waals surface area (Å²) in [4.78, 5) is 0. The molecule has 1 aliphatic rings. The van der Waals surface area contributed by atoms with Crippen LogP contribution in [0, 0.1) is 5.41 Å². The number of rotatable bonds is 3. The van der Waals surface area contributed by atoms with Crippen molar-refractivity contribution >= 4 is 0 Å². The summed E-state index contributed by atoms with van der Waals surface area (Å²) >= 11 is 0. The Morgan fingerprint density at radius 1 is 1.25 bits per heavy atom. The number of aliphatic hydroxyl groups is 3. The Morgan fingerprint density at radius 2 is 1.81 bits per heavy atom. The second-order valence-corrected chi connectivity index (χ2v) is 5.18. The molecule has 1 saturated heterocycles. The minimum Gasteiger partial charge on any atom is -0.394 e. The first-order valence-electron chi connectivity index (χ1n) is 5.73. The zero-order chi connectivity index (χ0) is 12.5. The van der Waals surface area contributed by atoms with Crippen molar-refractivity contribution in [1.82, 2.24) is 0 Å². The predicted molar refractivity (Wildman–Crippen MR) is 59.8 cm³/mol. The number of aliphatic hydroxyl groups excluding tert-OH is 3. The Morgan fingerprint density at radius 3 is 2.25 bits per heavy atom. The van der Waals surface area contributed by atoms with Gasteiger partial charge in [0, 0.05) is 0 Å². The summed E-state index contributed by atoms with van der Waals surface area (Å²) in [5.41, 5.74) is 5.67. The lowest BCUT2D eigenvalue weighted by Crippen LogP contribution is -2.65. The van der Waals surface area contributed by atoms with Gasteiger partial charge in [-0.1, -0.05) is 20.8 Å². The lowest BCUT2D eigenvalue weighted by atomic mass is 9.76. The number of hydrogen-bond donors (Lipinski definition) is 4. The van der Waals surface area contributed by atoms with E-state index < -0.39 is 24.4 Å². The molecule has 0 aliphatic carbocycles. The van der Waals surface area contributed by atoms with Crippen molar-refractivity contribution in [2.24, 2.45) is 11.1 Å². The van der Waals surface area contributed by atoms with Gasteiger partial charge < -0.3 is 25.8 Å². The Balaban J connectivity index is 2.87. The van der Waals surface area contributed by atoms with Gasteiger partial charge in [0.15, 0.2) is 0 Å². The molecule has 0 aromatic rings. The van der Waals surface area contributed by atoms with Crippen LogP contribution in [0.4, 0.5) is 0 Å². The van der Waals surface area contributed by atoms with Crippen LogP contribution < -0.4 is 5.73 Å². The molecular formula is C11H23NO4. The Bertz CT molecular complexity index is 232. The van der Waals surface area contributed by atoms with Crippen molar-refractivity contribution in [3.05, 3.63) is 0 Å². The molecule has 0 spiro atoms. The van der Waals surface area contributed by atoms with E-state index in [9.17, 15) is 10.2 Å². The molecule has 0 aromatic heterocycles. The summed E-state index contributed by atoms with van der Waals surface area (Å²) in [5, 5.41) is 28.5. The van der Waals surface area contributed by atoms with Gasteiger partial charge in [-0.05, 0) is 11.8 Å². The molecule has 5 heteroatoms. The minimum absolute atomic E-state index is 0.200. The lowest BCUT2D eigenvalue weighted by molar-refractivity contribution is -0.213. The largest absolute Gasteiger partial charge is 0.394 e. The van der Waals surface area contributed by atoms with Gasteiger partial charge in [0.2, 0.25) is 0 Å². The fourth-order valence-electron chi connectivity index (χ4n) is 2.04. The first-order valence-corrected chi connectivity index (χ1v) is 5.73. The molecule has 96 valence electrons. The van der Waals surface area contributed by atoms with Crippen LogP contribution in [0.3, 0.4) is 0 Å². The van der Waals surface area contributed by atoms with Gasteiger partial charge in [0.05, 0.1) is 18.8 Å². The molecular weight excluding hydrogens is 210 g/mol. The Labute approximate surface area is 96.2 Å². The maximum absolute atomic E-state index is 9.81. The molecule has 0 radical (unpaired) electrons. The third-order valence-electron chi connectivity index (χ3n) is 3.66. The maximum Gasteiger partial charge on any atom is 0.110 e. The lowest BCUT2D eigenvalue weighted by Gasteiger charge is -2.47. The van der Waals surface area contributed by atoms with Crippen molar-refractivity contribution in [2.75, 3.05) is 6.61 Å². The molecule has 5 atom stereocenters. The molecule has 0 bridgehead atoms. The van der Waals surface area contributed by atoms with Crippen LogP contribution >= 0.6 is 0 Å². The van der Waals surface area contributed by atoms with E-state index in [1.165, 1.54) is 0 Å². The highest BCUT2D eigenvalue weighted by atomic mass is 16.5. The highest BCUT2D eigenvalue weighted by molar-refractivity contribution is 4.99. The van der Waals surface area contributed by atoms with Crippen molar-refractivity contribution < 1.29 is 20.1 Å². The van der Waals surface area contributed by atoms with Crippen LogP contribution in [-0.4, -0.2) is 52.4 Å². The van der Waals surface area contributed by atoms with Gasteiger partial charge in [-0.15, -0.1) is 0 Å². The summed E-state index contributed by atoms with van der Waals surface area (Å²) in [5.74, 6) is 0. The molecule has 1 heterocycles. The number of nitrogens with two attached hydrogens (primary N) is 1. The fraction of sp³-hybridized carbons (Fsp3) is 1.00. The zero-order valence-corrected chi connectivity index (χ0v) is 10.1. The minimum atomic E-state index is -1.12. The highest BCUT2D eigenvalue weighted by Gasteiger charge is 2.47. The van der Waals surface area contributed by atoms with Crippen LogP contribution in [-0.2, 0) is 4.74 Å². The molecule has 0 amide bonds. The van der Waals surface area contributed by atoms with Gasteiger partial charge in [0.1, 0.15) is 18.3 Å². The van der Waals surface area contributed by atoms with Gasteiger partial charge in [0.25, 0.3) is 0 Å². The fourth-order valence-corrected chi connectivity index (χ4v) is 2.04. The Kier molecular flexibility index (Phi) is 4.31. The molecule has 1 rings (SSSR count). The van der Waals surface area contributed by atoms with E-state index >= 15 is 0 Å². The van der Waals surface area contributed by atoms with Crippen LogP contribution in [0.5, 0.6) is 0 Å². The number of ether oxygens (including phenoxy) is 1. The predicted octanol–water partition coefficient (Wildman–Crippen LogP) is -0.769. The quantitative estimate of drug-likeness (QED) is 0.513. The van der Waals surface area contributed by atoms with Crippen LogP contribution in [0.25, 0.3) is 0 Å². The van der Waals surface area contributed by atoms with Crippen molar-refractivity contribution in [3.8, 4) is 0 Å². The second-order valence-electron chi connectivity index (χ2n) is 5.18. The summed E-state index contributed by atoms with van der Waals surface area (Å²) < 4.78 is 5.60. The molecule has 1 fully saturated rings. The van der Waals surface area contributed by atoms with Crippen LogP contribution in [0.15, 0.2) is 0 Å². The average molecular weight is 233 g/mol. The van der Waals surface area contributed by atoms with Gasteiger partial charge in [-0.2, -0.15) is 0 Å². The smallest absolute Gasteiger partial charge is 0.110 e. The maximum atomic E-state index is 9.81. The molecule has 0 saturated carbocycles. The molecule has 16 heavy (non-hydrogen) atoms. The van der Waals surface area contributed by atoms with Gasteiger partial charge >= 0.3 is 0 Å². The van der Waals surface area contributed by atoms with E-state index in [4.69, 9.17) is 15.6 Å². The van der Waals surface area contributed by atoms with Gasteiger partial charge in [-0.3, -0.25) is 0 Å². The van der Waals surface area contributed by atoms with Crippen LogP contribution in [0.2, 0.25) is 0 Å². The van der Waals surface area contributed by atoms with Crippen molar-refractivity contribution in [2.45, 2.75) is 57.6 Å². The van der Waals surface area contributed by atoms with E-state index in [-0.39, 0.29) is 18.1 Å². The Hall–Kier alpha value is -0.200. The highest BCUT2D eigenvalue weighted by Crippen LogP contribution is 2.34. The van der Waals surface area contributed by atoms with E-state index in [1.807, 2.05) is 20.8 Å². The van der Waals surface area contributed by atoms with Crippen molar-refractivity contribution in [3.63, 3.8) is 0 Å². The van der Waals surface area contributed by atoms with Crippen LogP contribution in [0.1, 0.15) is 27.2 Å². The average Bonchev–Trinajstić information content (AvgIpc) is 2.26. The number of hydrogen-bond acceptors (Lipinski definition) is 5. The van der Waals surface area contributed by atoms with Gasteiger partial charge in [-0.25, -0.2) is 0 Å². The van der Waals surface area contributed by atoms with Crippen molar-refractivity contribution in [1.29, 1.82) is 0 Å². The standard InChI is InChI=1S/C11H23NO4/c1-4-11(2,3)10-7(12)9(15)8(14)6(5-13)16-10/h6-10,13-15H,4-5,12H2,1-3H3. The topological polar surface area (TPSA) is 95.9 Å². The molecule has 5 unspecified atom stereocenters. The SMILES string of the molecule is CCC(C)(C)C1OC(CO)C(O)C(O)C1N. The molecule has 1 aliphatic heterocycles. The first kappa shape index (κ1) is 13.9. The molecule has 0 aromatic carbocycles. The summed E-state index contributed by atoms with van der Waals surface area (Å²) in [6.07, 6.45) is -2.46. The van der Waals surface area contributed by atoms with E-state index in [0.717, 1.165) is 6.42 Å². The third kappa shape index (κ3) is 2.38. The second kappa shape index (κ2) is 4.98. The molecule has 5 nitrogen and oxygen atoms in total. The van der Waals surface area contributed by atoms with E-state index in [0.29, 0.717) is 0 Å². The first-order chi connectivity index (χ1) is 7.35. The zero-order valence-electron chi connectivity index (χ0n) is 10.1.